The standard InChI is InChI=1S/C11H15N5O/c1-7-3-9(11(13)16-14-6-12)5-10(4-7)15-8(2)17/h3-6H,1-2H3,(H2,12,14)(H2,13,16)(H,15,17). The Kier molecular flexibility index (Phi) is 4.21. The number of carbonyl (C=O) groups is 1. The minimum Gasteiger partial charge on any atom is -0.388 e. The van der Waals surface area contributed by atoms with Crippen molar-refractivity contribution in [2.24, 2.45) is 21.7 Å². The normalized spacial score (nSPS) is 11.8. The van der Waals surface area contributed by atoms with Crippen LogP contribution in [0.1, 0.15) is 18.1 Å². The van der Waals surface area contributed by atoms with Crippen LogP contribution in [0, 0.1) is 6.92 Å². The van der Waals surface area contributed by atoms with Crippen LogP contribution in [0.25, 0.3) is 0 Å². The molecule has 0 heterocycles. The van der Waals surface area contributed by atoms with E-state index in [1.807, 2.05) is 19.1 Å². The van der Waals surface area contributed by atoms with Gasteiger partial charge in [-0.3, -0.25) is 4.79 Å². The molecule has 0 bridgehead atoms. The third-order valence-corrected chi connectivity index (χ3v) is 1.93. The van der Waals surface area contributed by atoms with Gasteiger partial charge in [-0.15, -0.1) is 10.2 Å². The zero-order chi connectivity index (χ0) is 12.8. The van der Waals surface area contributed by atoms with Crippen molar-refractivity contribution in [3.8, 4) is 0 Å². The lowest BCUT2D eigenvalue weighted by molar-refractivity contribution is -0.114. The summed E-state index contributed by atoms with van der Waals surface area (Å²) < 4.78 is 0. The smallest absolute Gasteiger partial charge is 0.221 e. The van der Waals surface area contributed by atoms with Gasteiger partial charge in [0.15, 0.2) is 5.84 Å². The number of rotatable bonds is 3. The van der Waals surface area contributed by atoms with Crippen LogP contribution in [0.4, 0.5) is 5.69 Å². The molecule has 0 fully saturated rings. The fourth-order valence-corrected chi connectivity index (χ4v) is 1.36. The molecule has 0 aliphatic heterocycles. The number of anilines is 1. The van der Waals surface area contributed by atoms with Gasteiger partial charge >= 0.3 is 0 Å². The van der Waals surface area contributed by atoms with Gasteiger partial charge in [0.2, 0.25) is 5.91 Å². The first-order valence-corrected chi connectivity index (χ1v) is 4.99. The average molecular weight is 233 g/mol. The molecule has 0 aliphatic carbocycles. The number of carbonyl (C=O) groups excluding carboxylic acids is 1. The quantitative estimate of drug-likeness (QED) is 0.403. The molecule has 1 amide bonds. The van der Waals surface area contributed by atoms with Gasteiger partial charge in [-0.2, -0.15) is 0 Å². The lowest BCUT2D eigenvalue weighted by atomic mass is 10.1. The van der Waals surface area contributed by atoms with Crippen molar-refractivity contribution in [3.63, 3.8) is 0 Å². The van der Waals surface area contributed by atoms with Crippen LogP contribution in [-0.4, -0.2) is 18.1 Å². The molecule has 1 aromatic carbocycles. The van der Waals surface area contributed by atoms with Gasteiger partial charge in [-0.25, -0.2) is 0 Å². The van der Waals surface area contributed by atoms with Crippen molar-refractivity contribution in [2.45, 2.75) is 13.8 Å². The van der Waals surface area contributed by atoms with Gasteiger partial charge in [0.1, 0.15) is 6.34 Å². The van der Waals surface area contributed by atoms with E-state index in [9.17, 15) is 4.79 Å². The fraction of sp³-hybridized carbons (Fsp3) is 0.182. The van der Waals surface area contributed by atoms with E-state index in [0.29, 0.717) is 11.3 Å². The minimum absolute atomic E-state index is 0.142. The monoisotopic (exact) mass is 233 g/mol. The van der Waals surface area contributed by atoms with E-state index >= 15 is 0 Å². The molecular weight excluding hydrogens is 218 g/mol. The highest BCUT2D eigenvalue weighted by Crippen LogP contribution is 2.14. The van der Waals surface area contributed by atoms with Crippen LogP contribution in [-0.2, 0) is 4.79 Å². The van der Waals surface area contributed by atoms with E-state index in [2.05, 4.69) is 15.5 Å². The van der Waals surface area contributed by atoms with Gasteiger partial charge in [0.05, 0.1) is 0 Å². The predicted molar refractivity (Wildman–Crippen MR) is 68.9 cm³/mol. The van der Waals surface area contributed by atoms with Crippen molar-refractivity contribution in [2.75, 3.05) is 5.32 Å². The summed E-state index contributed by atoms with van der Waals surface area (Å²) in [6, 6.07) is 5.40. The maximum atomic E-state index is 11.0. The first-order chi connectivity index (χ1) is 8.02. The highest BCUT2D eigenvalue weighted by atomic mass is 16.1. The van der Waals surface area contributed by atoms with Gasteiger partial charge < -0.3 is 16.8 Å². The maximum Gasteiger partial charge on any atom is 0.221 e. The van der Waals surface area contributed by atoms with E-state index < -0.39 is 0 Å². The van der Waals surface area contributed by atoms with Crippen molar-refractivity contribution in [3.05, 3.63) is 29.3 Å². The number of nitrogens with zero attached hydrogens (tertiary/aromatic N) is 2. The Hall–Kier alpha value is -2.37. The molecule has 0 aromatic heterocycles. The SMILES string of the molecule is CC(=O)Nc1cc(C)cc(/C(N)=N/N=C\N)c1. The van der Waals surface area contributed by atoms with Crippen LogP contribution < -0.4 is 16.8 Å². The molecule has 6 nitrogen and oxygen atoms in total. The van der Waals surface area contributed by atoms with Gasteiger partial charge in [0, 0.05) is 18.2 Å². The molecule has 0 radical (unpaired) electrons. The van der Waals surface area contributed by atoms with Gasteiger partial charge in [-0.1, -0.05) is 0 Å². The lowest BCUT2D eigenvalue weighted by Gasteiger charge is -2.07. The van der Waals surface area contributed by atoms with Crippen molar-refractivity contribution < 1.29 is 4.79 Å². The number of amidine groups is 1. The lowest BCUT2D eigenvalue weighted by Crippen LogP contribution is -2.14. The van der Waals surface area contributed by atoms with E-state index in [1.165, 1.54) is 6.92 Å². The number of amides is 1. The number of nitrogens with one attached hydrogen (secondary N) is 1. The number of aryl methyl sites for hydroxylation is 1. The Morgan fingerprint density at radius 3 is 2.71 bits per heavy atom. The molecular formula is C11H15N5O. The Labute approximate surface area is 99.4 Å². The largest absolute Gasteiger partial charge is 0.388 e. The summed E-state index contributed by atoms with van der Waals surface area (Å²) in [5.74, 6) is 0.0963. The second kappa shape index (κ2) is 5.64. The molecule has 0 atom stereocenters. The van der Waals surface area contributed by atoms with Crippen LogP contribution >= 0.6 is 0 Å². The second-order valence-corrected chi connectivity index (χ2v) is 3.52. The zero-order valence-electron chi connectivity index (χ0n) is 9.77. The van der Waals surface area contributed by atoms with Crippen molar-refractivity contribution >= 4 is 23.8 Å². The molecule has 90 valence electrons. The number of hydrogen-bond acceptors (Lipinski definition) is 3. The third kappa shape index (κ3) is 3.94. The highest BCUT2D eigenvalue weighted by molar-refractivity contribution is 5.99. The molecule has 1 aromatic rings. The molecule has 0 unspecified atom stereocenters. The second-order valence-electron chi connectivity index (χ2n) is 3.52. The van der Waals surface area contributed by atoms with Crippen molar-refractivity contribution in [1.29, 1.82) is 0 Å². The van der Waals surface area contributed by atoms with Crippen LogP contribution in [0.15, 0.2) is 28.4 Å². The number of nitrogens with two attached hydrogens (primary N) is 2. The summed E-state index contributed by atoms with van der Waals surface area (Å²) in [7, 11) is 0. The summed E-state index contributed by atoms with van der Waals surface area (Å²) in [6.07, 6.45) is 1.05. The predicted octanol–water partition coefficient (Wildman–Crippen LogP) is 0.561. The Balaban J connectivity index is 3.08. The first kappa shape index (κ1) is 12.7. The van der Waals surface area contributed by atoms with E-state index in [0.717, 1.165) is 11.9 Å². The molecule has 17 heavy (non-hydrogen) atoms. The summed E-state index contributed by atoms with van der Waals surface area (Å²) in [4.78, 5) is 11.0. The topological polar surface area (TPSA) is 106 Å². The summed E-state index contributed by atoms with van der Waals surface area (Å²) >= 11 is 0. The molecule has 5 N–H and O–H groups in total. The first-order valence-electron chi connectivity index (χ1n) is 4.99. The fourth-order valence-electron chi connectivity index (χ4n) is 1.36. The third-order valence-electron chi connectivity index (χ3n) is 1.93. The molecule has 0 saturated carbocycles. The Bertz CT molecular complexity index is 479. The Morgan fingerprint density at radius 2 is 2.12 bits per heavy atom. The molecule has 0 aliphatic rings. The van der Waals surface area contributed by atoms with Crippen LogP contribution in [0.2, 0.25) is 0 Å². The average Bonchev–Trinajstić information content (AvgIpc) is 2.24. The van der Waals surface area contributed by atoms with E-state index in [-0.39, 0.29) is 11.7 Å². The highest BCUT2D eigenvalue weighted by Gasteiger charge is 2.03. The molecule has 0 spiro atoms. The van der Waals surface area contributed by atoms with E-state index in [4.69, 9.17) is 11.5 Å². The van der Waals surface area contributed by atoms with Crippen molar-refractivity contribution in [1.82, 2.24) is 0 Å². The van der Waals surface area contributed by atoms with Gasteiger partial charge in [0.25, 0.3) is 0 Å². The zero-order valence-corrected chi connectivity index (χ0v) is 9.77. The molecule has 1 rings (SSSR count). The Morgan fingerprint density at radius 1 is 1.41 bits per heavy atom. The van der Waals surface area contributed by atoms with E-state index in [1.54, 1.807) is 6.07 Å². The van der Waals surface area contributed by atoms with Crippen LogP contribution in [0.5, 0.6) is 0 Å². The number of hydrogen-bond donors (Lipinski definition) is 3. The van der Waals surface area contributed by atoms with Gasteiger partial charge in [-0.05, 0) is 30.7 Å². The summed E-state index contributed by atoms with van der Waals surface area (Å²) in [6.45, 7) is 3.34. The minimum atomic E-state index is -0.142. The summed E-state index contributed by atoms with van der Waals surface area (Å²) in [5, 5.41) is 9.88. The van der Waals surface area contributed by atoms with Crippen LogP contribution in [0.3, 0.4) is 0 Å². The summed E-state index contributed by atoms with van der Waals surface area (Å²) in [5.41, 5.74) is 13.1. The maximum absolute atomic E-state index is 11.0. The molecule has 0 saturated heterocycles. The molecule has 6 heteroatoms. The number of benzene rings is 1.